The van der Waals surface area contributed by atoms with Gasteiger partial charge >= 0.3 is 0 Å². The van der Waals surface area contributed by atoms with Crippen LogP contribution in [0.4, 0.5) is 5.69 Å². The Hall–Kier alpha value is -1.71. The zero-order valence-corrected chi connectivity index (χ0v) is 16.8. The lowest BCUT2D eigenvalue weighted by Crippen LogP contribution is -2.47. The van der Waals surface area contributed by atoms with Crippen molar-refractivity contribution >= 4 is 17.3 Å². The molecule has 0 radical (unpaired) electrons. The second kappa shape index (κ2) is 8.79. The van der Waals surface area contributed by atoms with Crippen LogP contribution in [0.2, 0.25) is 5.02 Å². The van der Waals surface area contributed by atoms with Crippen LogP contribution in [0.1, 0.15) is 30.9 Å². The highest BCUT2D eigenvalue weighted by Gasteiger charge is 2.18. The van der Waals surface area contributed by atoms with Gasteiger partial charge in [-0.15, -0.1) is 0 Å². The van der Waals surface area contributed by atoms with E-state index in [0.29, 0.717) is 5.92 Å². The van der Waals surface area contributed by atoms with E-state index in [9.17, 15) is 0 Å². The highest BCUT2D eigenvalue weighted by atomic mass is 35.5. The van der Waals surface area contributed by atoms with Gasteiger partial charge in [-0.25, -0.2) is 0 Å². The average molecular weight is 373 g/mol. The number of rotatable bonds is 6. The molecular weight excluding hydrogens is 344 g/mol. The molecule has 0 aromatic heterocycles. The van der Waals surface area contributed by atoms with E-state index in [4.69, 9.17) is 16.3 Å². The first-order chi connectivity index (χ1) is 12.5. The fourth-order valence-corrected chi connectivity index (χ4v) is 3.59. The fourth-order valence-electron chi connectivity index (χ4n) is 3.34. The van der Waals surface area contributed by atoms with Gasteiger partial charge in [-0.3, -0.25) is 4.90 Å². The molecule has 0 aliphatic carbocycles. The number of ether oxygens (including phenoxy) is 1. The van der Waals surface area contributed by atoms with E-state index in [1.807, 2.05) is 12.1 Å². The van der Waals surface area contributed by atoms with Gasteiger partial charge in [-0.2, -0.15) is 0 Å². The monoisotopic (exact) mass is 372 g/mol. The summed E-state index contributed by atoms with van der Waals surface area (Å²) in [6.45, 7) is 12.3. The normalized spacial score (nSPS) is 15.5. The molecule has 1 heterocycles. The van der Waals surface area contributed by atoms with Crippen molar-refractivity contribution in [1.82, 2.24) is 4.90 Å². The molecule has 1 aliphatic heterocycles. The lowest BCUT2D eigenvalue weighted by molar-refractivity contribution is 0.200. The Bertz CT molecular complexity index is 724. The van der Waals surface area contributed by atoms with Crippen LogP contribution >= 0.6 is 11.6 Å². The van der Waals surface area contributed by atoms with Crippen molar-refractivity contribution < 1.29 is 4.74 Å². The maximum Gasteiger partial charge on any atom is 0.122 e. The number of hydrogen-bond acceptors (Lipinski definition) is 3. The number of anilines is 1. The first-order valence-corrected chi connectivity index (χ1v) is 9.87. The molecule has 26 heavy (non-hydrogen) atoms. The molecule has 0 amide bonds. The van der Waals surface area contributed by atoms with Gasteiger partial charge in [0.25, 0.3) is 0 Å². The number of nitrogens with zero attached hydrogens (tertiary/aromatic N) is 2. The van der Waals surface area contributed by atoms with Crippen molar-refractivity contribution in [2.75, 3.05) is 44.2 Å². The Kier molecular flexibility index (Phi) is 6.44. The first kappa shape index (κ1) is 19.1. The Balaban J connectivity index is 1.47. The quantitative estimate of drug-likeness (QED) is 0.711. The Morgan fingerprint density at radius 1 is 1.04 bits per heavy atom. The summed E-state index contributed by atoms with van der Waals surface area (Å²) in [6.07, 6.45) is 0. The number of halogens is 1. The molecule has 1 saturated heterocycles. The molecule has 2 aromatic rings. The molecule has 0 spiro atoms. The van der Waals surface area contributed by atoms with E-state index >= 15 is 0 Å². The number of benzene rings is 2. The summed E-state index contributed by atoms with van der Waals surface area (Å²) in [4.78, 5) is 4.84. The molecule has 140 valence electrons. The third kappa shape index (κ3) is 4.72. The highest BCUT2D eigenvalue weighted by Crippen LogP contribution is 2.26. The molecule has 0 N–H and O–H groups in total. The van der Waals surface area contributed by atoms with Gasteiger partial charge in [0.2, 0.25) is 0 Å². The maximum absolute atomic E-state index is 6.32. The third-order valence-electron chi connectivity index (χ3n) is 5.11. The van der Waals surface area contributed by atoms with Crippen molar-refractivity contribution in [3.8, 4) is 5.75 Å². The number of aryl methyl sites for hydroxylation is 1. The van der Waals surface area contributed by atoms with E-state index in [0.717, 1.165) is 55.8 Å². The first-order valence-electron chi connectivity index (χ1n) is 9.50. The fraction of sp³-hybridized carbons (Fsp3) is 0.455. The second-order valence-corrected chi connectivity index (χ2v) is 7.72. The molecular formula is C22H29ClN2O. The summed E-state index contributed by atoms with van der Waals surface area (Å²) in [5.74, 6) is 1.54. The summed E-state index contributed by atoms with van der Waals surface area (Å²) in [7, 11) is 0. The van der Waals surface area contributed by atoms with E-state index in [1.54, 1.807) is 0 Å². The summed E-state index contributed by atoms with van der Waals surface area (Å²) < 4.78 is 6.08. The number of para-hydroxylation sites is 1. The maximum atomic E-state index is 6.32. The van der Waals surface area contributed by atoms with Crippen molar-refractivity contribution in [2.45, 2.75) is 26.7 Å². The van der Waals surface area contributed by atoms with Crippen molar-refractivity contribution in [3.05, 3.63) is 58.6 Å². The van der Waals surface area contributed by atoms with Crippen LogP contribution in [0.15, 0.2) is 42.5 Å². The lowest BCUT2D eigenvalue weighted by atomic mass is 10.0. The van der Waals surface area contributed by atoms with Crippen LogP contribution in [-0.2, 0) is 0 Å². The molecule has 0 unspecified atom stereocenters. The average Bonchev–Trinajstić information content (AvgIpc) is 2.64. The minimum absolute atomic E-state index is 0.524. The summed E-state index contributed by atoms with van der Waals surface area (Å²) in [5.41, 5.74) is 3.68. The second-order valence-electron chi connectivity index (χ2n) is 7.31. The zero-order chi connectivity index (χ0) is 18.5. The molecule has 1 fully saturated rings. The Labute approximate surface area is 162 Å². The van der Waals surface area contributed by atoms with Crippen LogP contribution in [0.5, 0.6) is 5.75 Å². The third-order valence-corrected chi connectivity index (χ3v) is 5.43. The van der Waals surface area contributed by atoms with Gasteiger partial charge in [-0.05, 0) is 42.2 Å². The van der Waals surface area contributed by atoms with Gasteiger partial charge in [0, 0.05) is 32.7 Å². The van der Waals surface area contributed by atoms with Gasteiger partial charge in [0.05, 0.1) is 10.7 Å². The standard InChI is InChI=1S/C22H29ClN2O/c1-17(2)19-9-8-18(3)22(16-19)26-15-14-24-10-12-25(13-11-24)21-7-5-4-6-20(21)23/h4-9,16-17H,10-15H2,1-3H3. The Morgan fingerprint density at radius 2 is 1.77 bits per heavy atom. The van der Waals surface area contributed by atoms with Crippen molar-refractivity contribution in [1.29, 1.82) is 0 Å². The van der Waals surface area contributed by atoms with E-state index in [1.165, 1.54) is 11.1 Å². The molecule has 0 bridgehead atoms. The minimum Gasteiger partial charge on any atom is -0.492 e. The van der Waals surface area contributed by atoms with Crippen LogP contribution in [0.3, 0.4) is 0 Å². The minimum atomic E-state index is 0.524. The van der Waals surface area contributed by atoms with Crippen LogP contribution in [0, 0.1) is 6.92 Å². The van der Waals surface area contributed by atoms with Gasteiger partial charge < -0.3 is 9.64 Å². The molecule has 3 nitrogen and oxygen atoms in total. The summed E-state index contributed by atoms with van der Waals surface area (Å²) in [6, 6.07) is 14.6. The smallest absolute Gasteiger partial charge is 0.122 e. The SMILES string of the molecule is Cc1ccc(C(C)C)cc1OCCN1CCN(c2ccccc2Cl)CC1. The zero-order valence-electron chi connectivity index (χ0n) is 16.0. The van der Waals surface area contributed by atoms with Crippen LogP contribution < -0.4 is 9.64 Å². The summed E-state index contributed by atoms with van der Waals surface area (Å²) in [5, 5.41) is 0.838. The molecule has 1 aliphatic rings. The number of hydrogen-bond donors (Lipinski definition) is 0. The van der Waals surface area contributed by atoms with Gasteiger partial charge in [-0.1, -0.05) is 49.7 Å². The lowest BCUT2D eigenvalue weighted by Gasteiger charge is -2.36. The molecule has 2 aromatic carbocycles. The van der Waals surface area contributed by atoms with E-state index in [2.05, 4.69) is 60.9 Å². The van der Waals surface area contributed by atoms with Crippen molar-refractivity contribution in [2.24, 2.45) is 0 Å². The van der Waals surface area contributed by atoms with Crippen molar-refractivity contribution in [3.63, 3.8) is 0 Å². The molecule has 0 atom stereocenters. The Morgan fingerprint density at radius 3 is 2.46 bits per heavy atom. The number of piperazine rings is 1. The predicted molar refractivity (Wildman–Crippen MR) is 111 cm³/mol. The van der Waals surface area contributed by atoms with Gasteiger partial charge in [0.15, 0.2) is 0 Å². The highest BCUT2D eigenvalue weighted by molar-refractivity contribution is 6.33. The van der Waals surface area contributed by atoms with E-state index in [-0.39, 0.29) is 0 Å². The van der Waals surface area contributed by atoms with Gasteiger partial charge in [0.1, 0.15) is 12.4 Å². The topological polar surface area (TPSA) is 15.7 Å². The largest absolute Gasteiger partial charge is 0.492 e. The molecule has 3 rings (SSSR count). The van der Waals surface area contributed by atoms with E-state index < -0.39 is 0 Å². The van der Waals surface area contributed by atoms with Crippen LogP contribution in [0.25, 0.3) is 0 Å². The molecule has 4 heteroatoms. The molecule has 0 saturated carbocycles. The predicted octanol–water partition coefficient (Wildman–Crippen LogP) is 4.97. The summed E-state index contributed by atoms with van der Waals surface area (Å²) >= 11 is 6.32. The van der Waals surface area contributed by atoms with Crippen LogP contribution in [-0.4, -0.2) is 44.2 Å².